The predicted molar refractivity (Wildman–Crippen MR) is 124 cm³/mol. The van der Waals surface area contributed by atoms with Gasteiger partial charge in [0.15, 0.2) is 18.4 Å². The van der Waals surface area contributed by atoms with Crippen molar-refractivity contribution in [1.29, 1.82) is 5.26 Å². The van der Waals surface area contributed by atoms with E-state index in [1.807, 2.05) is 0 Å². The summed E-state index contributed by atoms with van der Waals surface area (Å²) in [7, 11) is 1.49. The second kappa shape index (κ2) is 10.3. The molecule has 3 heterocycles. The number of carbonyl (C=O) groups excluding carboxylic acids is 1. The number of carboxylic acid groups (broad SMARTS) is 1. The van der Waals surface area contributed by atoms with Crippen LogP contribution in [0.1, 0.15) is 26.6 Å². The second-order valence-electron chi connectivity index (χ2n) is 7.10. The van der Waals surface area contributed by atoms with Gasteiger partial charge in [0.25, 0.3) is 5.91 Å². The van der Waals surface area contributed by atoms with Gasteiger partial charge in [-0.15, -0.1) is 0 Å². The molecule has 0 radical (unpaired) electrons. The van der Waals surface area contributed by atoms with E-state index < -0.39 is 11.9 Å². The number of nitrogens with one attached hydrogen (secondary N) is 1. The van der Waals surface area contributed by atoms with Gasteiger partial charge >= 0.3 is 5.97 Å². The zero-order chi connectivity index (χ0) is 24.8. The number of carbonyl (C=O) groups is 2. The van der Waals surface area contributed by atoms with Crippen molar-refractivity contribution in [2.45, 2.75) is 0 Å². The molecule has 10 heteroatoms. The molecule has 1 aromatic carbocycles. The van der Waals surface area contributed by atoms with Crippen LogP contribution < -0.4 is 10.1 Å². The van der Waals surface area contributed by atoms with E-state index in [0.717, 1.165) is 0 Å². The van der Waals surface area contributed by atoms with Crippen LogP contribution in [0, 0.1) is 11.3 Å². The monoisotopic (exact) mass is 470 g/mol. The molecule has 0 fully saturated rings. The van der Waals surface area contributed by atoms with Gasteiger partial charge in [-0.2, -0.15) is 5.26 Å². The molecule has 0 saturated heterocycles. The SMILES string of the molecule is COCOc1ccccc1-c1cc(-c2ccnc(C(=O)O)c2)c(C#N)c(NC(=O)c2ccco2)n1. The number of anilines is 1. The summed E-state index contributed by atoms with van der Waals surface area (Å²) in [5.74, 6) is -1.36. The molecule has 4 aromatic rings. The number of para-hydroxylation sites is 1. The van der Waals surface area contributed by atoms with Crippen LogP contribution in [0.15, 0.2) is 71.5 Å². The summed E-state index contributed by atoms with van der Waals surface area (Å²) in [6.07, 6.45) is 2.68. The van der Waals surface area contributed by atoms with Crippen LogP contribution in [-0.4, -0.2) is 40.9 Å². The molecule has 0 atom stereocenters. The Balaban J connectivity index is 1.92. The maximum absolute atomic E-state index is 12.7. The van der Waals surface area contributed by atoms with Gasteiger partial charge in [-0.25, -0.2) is 14.8 Å². The van der Waals surface area contributed by atoms with Crippen molar-refractivity contribution in [2.75, 3.05) is 19.2 Å². The van der Waals surface area contributed by atoms with Gasteiger partial charge in [0.2, 0.25) is 0 Å². The van der Waals surface area contributed by atoms with E-state index in [-0.39, 0.29) is 29.6 Å². The van der Waals surface area contributed by atoms with Crippen molar-refractivity contribution < 1.29 is 28.6 Å². The first-order valence-electron chi connectivity index (χ1n) is 10.2. The third kappa shape index (κ3) is 5.00. The predicted octanol–water partition coefficient (Wildman–Crippen LogP) is 4.21. The molecule has 35 heavy (non-hydrogen) atoms. The van der Waals surface area contributed by atoms with Crippen LogP contribution >= 0.6 is 0 Å². The number of aromatic carboxylic acids is 1. The van der Waals surface area contributed by atoms with Crippen molar-refractivity contribution in [2.24, 2.45) is 0 Å². The molecule has 2 N–H and O–H groups in total. The number of carboxylic acids is 1. The average Bonchev–Trinajstić information content (AvgIpc) is 3.42. The molecular formula is C25H18N4O6. The van der Waals surface area contributed by atoms with Gasteiger partial charge in [0.05, 0.1) is 12.0 Å². The quantitative estimate of drug-likeness (QED) is 0.361. The molecule has 1 amide bonds. The highest BCUT2D eigenvalue weighted by atomic mass is 16.7. The maximum atomic E-state index is 12.7. The van der Waals surface area contributed by atoms with E-state index in [9.17, 15) is 20.0 Å². The average molecular weight is 470 g/mol. The normalized spacial score (nSPS) is 10.4. The van der Waals surface area contributed by atoms with Crippen molar-refractivity contribution >= 4 is 17.7 Å². The number of rotatable bonds is 8. The molecule has 0 aliphatic rings. The summed E-state index contributed by atoms with van der Waals surface area (Å²) in [6.45, 7) is -0.00539. The fourth-order valence-corrected chi connectivity index (χ4v) is 3.33. The highest BCUT2D eigenvalue weighted by Crippen LogP contribution is 2.36. The molecule has 3 aromatic heterocycles. The van der Waals surface area contributed by atoms with E-state index in [4.69, 9.17) is 13.9 Å². The minimum Gasteiger partial charge on any atom is -0.477 e. The minimum absolute atomic E-state index is 0.00539. The summed E-state index contributed by atoms with van der Waals surface area (Å²) >= 11 is 0. The lowest BCUT2D eigenvalue weighted by Gasteiger charge is -2.15. The number of hydrogen-bond acceptors (Lipinski definition) is 8. The number of aromatic nitrogens is 2. The number of hydrogen-bond donors (Lipinski definition) is 2. The van der Waals surface area contributed by atoms with E-state index in [1.165, 1.54) is 31.7 Å². The molecule has 0 spiro atoms. The highest BCUT2D eigenvalue weighted by Gasteiger charge is 2.21. The topological polar surface area (TPSA) is 148 Å². The first-order chi connectivity index (χ1) is 17.0. The fraction of sp³-hybridized carbons (Fsp3) is 0.0800. The van der Waals surface area contributed by atoms with E-state index in [1.54, 1.807) is 42.5 Å². The van der Waals surface area contributed by atoms with Crippen molar-refractivity contribution in [3.05, 3.63) is 84.1 Å². The van der Waals surface area contributed by atoms with Crippen LogP contribution in [0.5, 0.6) is 5.75 Å². The Hall–Kier alpha value is -5.01. The fourth-order valence-electron chi connectivity index (χ4n) is 3.33. The first-order valence-corrected chi connectivity index (χ1v) is 10.2. The van der Waals surface area contributed by atoms with Gasteiger partial charge in [0, 0.05) is 24.4 Å². The highest BCUT2D eigenvalue weighted by molar-refractivity contribution is 6.03. The number of methoxy groups -OCH3 is 1. The van der Waals surface area contributed by atoms with Gasteiger partial charge in [0.1, 0.15) is 23.1 Å². The number of ether oxygens (including phenoxy) is 2. The Labute approximate surface area is 199 Å². The summed E-state index contributed by atoms with van der Waals surface area (Å²) in [5.41, 5.74) is 1.52. The molecule has 0 unspecified atom stereocenters. The summed E-state index contributed by atoms with van der Waals surface area (Å²) < 4.78 is 15.8. The van der Waals surface area contributed by atoms with Crippen molar-refractivity contribution in [1.82, 2.24) is 9.97 Å². The third-order valence-electron chi connectivity index (χ3n) is 4.89. The van der Waals surface area contributed by atoms with Crippen LogP contribution in [0.3, 0.4) is 0 Å². The van der Waals surface area contributed by atoms with Gasteiger partial charge in [-0.3, -0.25) is 4.79 Å². The first kappa shape index (κ1) is 23.2. The van der Waals surface area contributed by atoms with Crippen LogP contribution in [0.2, 0.25) is 0 Å². The molecule has 10 nitrogen and oxygen atoms in total. The van der Waals surface area contributed by atoms with Crippen LogP contribution in [-0.2, 0) is 4.74 Å². The van der Waals surface area contributed by atoms with Crippen molar-refractivity contribution in [3.63, 3.8) is 0 Å². The van der Waals surface area contributed by atoms with Gasteiger partial charge < -0.3 is 24.3 Å². The van der Waals surface area contributed by atoms with Crippen molar-refractivity contribution in [3.8, 4) is 34.2 Å². The number of nitrogens with zero attached hydrogens (tertiary/aromatic N) is 3. The Morgan fingerprint density at radius 1 is 1.14 bits per heavy atom. The lowest BCUT2D eigenvalue weighted by Crippen LogP contribution is -2.14. The maximum Gasteiger partial charge on any atom is 0.354 e. The van der Waals surface area contributed by atoms with E-state index in [0.29, 0.717) is 28.1 Å². The van der Waals surface area contributed by atoms with E-state index >= 15 is 0 Å². The molecular weight excluding hydrogens is 452 g/mol. The third-order valence-corrected chi connectivity index (χ3v) is 4.89. The largest absolute Gasteiger partial charge is 0.477 e. The minimum atomic E-state index is -1.22. The van der Waals surface area contributed by atoms with Crippen LogP contribution in [0.4, 0.5) is 5.82 Å². The number of benzene rings is 1. The molecule has 0 saturated carbocycles. The zero-order valence-electron chi connectivity index (χ0n) is 18.4. The smallest absolute Gasteiger partial charge is 0.354 e. The Morgan fingerprint density at radius 2 is 1.97 bits per heavy atom. The van der Waals surface area contributed by atoms with Gasteiger partial charge in [-0.1, -0.05) is 12.1 Å². The lowest BCUT2D eigenvalue weighted by molar-refractivity contribution is 0.0515. The van der Waals surface area contributed by atoms with Crippen LogP contribution in [0.25, 0.3) is 22.4 Å². The summed E-state index contributed by atoms with van der Waals surface area (Å²) in [5, 5.41) is 22.0. The zero-order valence-corrected chi connectivity index (χ0v) is 18.4. The summed E-state index contributed by atoms with van der Waals surface area (Å²) in [6, 6.07) is 16.7. The van der Waals surface area contributed by atoms with Gasteiger partial charge in [-0.05, 0) is 48.0 Å². The standard InChI is InChI=1S/C25H18N4O6/c1-33-14-35-21-6-3-2-5-16(21)19-12-17(15-8-9-27-20(11-15)25(31)32)18(13-26)23(28-19)29-24(30)22-7-4-10-34-22/h2-12H,14H2,1H3,(H,31,32)(H,28,29,30). The second-order valence-corrected chi connectivity index (χ2v) is 7.10. The number of pyridine rings is 2. The molecule has 0 bridgehead atoms. The Kier molecular flexibility index (Phi) is 6.81. The number of amides is 1. The lowest BCUT2D eigenvalue weighted by atomic mass is 9.98. The molecule has 0 aliphatic heterocycles. The Morgan fingerprint density at radius 3 is 2.69 bits per heavy atom. The molecule has 4 rings (SSSR count). The summed E-state index contributed by atoms with van der Waals surface area (Å²) in [4.78, 5) is 32.6. The van der Waals surface area contributed by atoms with E-state index in [2.05, 4.69) is 21.4 Å². The Bertz CT molecular complexity index is 1430. The number of nitriles is 1. The molecule has 0 aliphatic carbocycles. The molecule has 174 valence electrons. The number of furan rings is 1.